The number of aromatic nitrogens is 2. The van der Waals surface area contributed by atoms with Crippen LogP contribution in [0, 0.1) is 6.92 Å². The molecular formula is C25H25ClN4O3. The molecule has 33 heavy (non-hydrogen) atoms. The molecule has 1 fully saturated rings. The predicted octanol–water partition coefficient (Wildman–Crippen LogP) is 5.83. The summed E-state index contributed by atoms with van der Waals surface area (Å²) < 4.78 is 1.96. The van der Waals surface area contributed by atoms with Crippen LogP contribution in [0.1, 0.15) is 49.9 Å². The molecule has 0 radical (unpaired) electrons. The van der Waals surface area contributed by atoms with Crippen LogP contribution in [0.2, 0.25) is 5.02 Å². The van der Waals surface area contributed by atoms with Crippen LogP contribution >= 0.6 is 11.6 Å². The number of anilines is 2. The van der Waals surface area contributed by atoms with Gasteiger partial charge in [0.2, 0.25) is 5.91 Å². The summed E-state index contributed by atoms with van der Waals surface area (Å²) >= 11 is 6.58. The van der Waals surface area contributed by atoms with Crippen molar-refractivity contribution >= 4 is 35.0 Å². The highest BCUT2D eigenvalue weighted by molar-refractivity contribution is 6.31. The molecule has 1 saturated carbocycles. The zero-order valence-electron chi connectivity index (χ0n) is 18.7. The Hall–Kier alpha value is -3.32. The monoisotopic (exact) mass is 464 g/mol. The first-order valence-electron chi connectivity index (χ1n) is 11.0. The highest BCUT2D eigenvalue weighted by atomic mass is 35.5. The number of amides is 2. The summed E-state index contributed by atoms with van der Waals surface area (Å²) in [4.78, 5) is 28.3. The van der Waals surface area contributed by atoms with E-state index in [9.17, 15) is 14.7 Å². The van der Waals surface area contributed by atoms with Crippen molar-refractivity contribution in [1.29, 1.82) is 0 Å². The molecule has 1 aromatic heterocycles. The van der Waals surface area contributed by atoms with Gasteiger partial charge in [0.15, 0.2) is 0 Å². The lowest BCUT2D eigenvalue weighted by atomic mass is 9.91. The van der Waals surface area contributed by atoms with Gasteiger partial charge in [-0.25, -0.2) is 4.79 Å². The molecule has 1 aliphatic carbocycles. The fourth-order valence-electron chi connectivity index (χ4n) is 4.80. The van der Waals surface area contributed by atoms with Gasteiger partial charge < -0.3 is 10.0 Å². The Kier molecular flexibility index (Phi) is 5.16. The number of hydrogen-bond acceptors (Lipinski definition) is 3. The Morgan fingerprint density at radius 1 is 1.06 bits per heavy atom. The van der Waals surface area contributed by atoms with Crippen molar-refractivity contribution in [3.8, 4) is 11.1 Å². The van der Waals surface area contributed by atoms with Gasteiger partial charge in [-0.1, -0.05) is 29.8 Å². The molecule has 1 N–H and O–H groups in total. The third kappa shape index (κ3) is 3.66. The summed E-state index contributed by atoms with van der Waals surface area (Å²) in [5, 5.41) is 15.3. The van der Waals surface area contributed by atoms with Gasteiger partial charge in [-0.15, -0.1) is 0 Å². The molecule has 0 bridgehead atoms. The van der Waals surface area contributed by atoms with Crippen molar-refractivity contribution < 1.29 is 14.7 Å². The van der Waals surface area contributed by atoms with E-state index >= 15 is 0 Å². The minimum Gasteiger partial charge on any atom is -0.465 e. The maximum Gasteiger partial charge on any atom is 0.412 e. The molecule has 1 unspecified atom stereocenters. The van der Waals surface area contributed by atoms with Gasteiger partial charge in [0.05, 0.1) is 35.7 Å². The van der Waals surface area contributed by atoms with Crippen LogP contribution < -0.4 is 9.80 Å². The largest absolute Gasteiger partial charge is 0.465 e. The van der Waals surface area contributed by atoms with E-state index in [2.05, 4.69) is 5.10 Å². The third-order valence-corrected chi connectivity index (χ3v) is 6.84. The summed E-state index contributed by atoms with van der Waals surface area (Å²) in [6.45, 7) is 5.28. The minimum absolute atomic E-state index is 0.156. The molecule has 2 atom stereocenters. The van der Waals surface area contributed by atoms with Crippen LogP contribution in [0.15, 0.2) is 48.8 Å². The van der Waals surface area contributed by atoms with E-state index in [1.165, 1.54) is 11.8 Å². The van der Waals surface area contributed by atoms with Gasteiger partial charge in [0.25, 0.3) is 0 Å². The van der Waals surface area contributed by atoms with Gasteiger partial charge in [0, 0.05) is 23.7 Å². The zero-order valence-corrected chi connectivity index (χ0v) is 19.5. The SMILES string of the molecule is CC(=O)N1c2ccc(-c3cnn(C4CC4)c3)cc2N(C(=O)O)C(c2ccc(C)cc2Cl)[C@@H]1C. The second kappa shape index (κ2) is 7.92. The molecule has 8 heteroatoms. The van der Waals surface area contributed by atoms with E-state index in [1.54, 1.807) is 11.1 Å². The number of hydrogen-bond donors (Lipinski definition) is 1. The second-order valence-electron chi connectivity index (χ2n) is 8.90. The van der Waals surface area contributed by atoms with E-state index < -0.39 is 18.2 Å². The molecule has 1 aliphatic heterocycles. The number of fused-ring (bicyclic) bond motifs is 1. The molecule has 5 rings (SSSR count). The molecule has 3 aromatic rings. The average molecular weight is 465 g/mol. The number of carboxylic acid groups (broad SMARTS) is 1. The third-order valence-electron chi connectivity index (χ3n) is 6.51. The van der Waals surface area contributed by atoms with E-state index in [1.807, 2.05) is 61.1 Å². The molecular weight excluding hydrogens is 440 g/mol. The van der Waals surface area contributed by atoms with Gasteiger partial charge in [-0.3, -0.25) is 14.4 Å². The van der Waals surface area contributed by atoms with Crippen LogP contribution in [0.3, 0.4) is 0 Å². The first-order chi connectivity index (χ1) is 15.8. The molecule has 170 valence electrons. The van der Waals surface area contributed by atoms with Crippen molar-refractivity contribution in [3.05, 3.63) is 64.9 Å². The molecule has 2 amide bonds. The van der Waals surface area contributed by atoms with Gasteiger partial charge in [-0.2, -0.15) is 5.10 Å². The molecule has 2 aliphatic rings. The lowest BCUT2D eigenvalue weighted by molar-refractivity contribution is -0.117. The number of benzene rings is 2. The number of rotatable bonds is 3. The summed E-state index contributed by atoms with van der Waals surface area (Å²) in [6.07, 6.45) is 4.95. The number of nitrogens with zero attached hydrogens (tertiary/aromatic N) is 4. The van der Waals surface area contributed by atoms with Crippen molar-refractivity contribution in [2.24, 2.45) is 0 Å². The maximum atomic E-state index is 12.7. The average Bonchev–Trinajstić information content (AvgIpc) is 3.49. The fourth-order valence-corrected chi connectivity index (χ4v) is 5.15. The van der Waals surface area contributed by atoms with Crippen LogP contribution in [0.4, 0.5) is 16.2 Å². The molecule has 2 aromatic carbocycles. The number of carbonyl (C=O) groups is 2. The summed E-state index contributed by atoms with van der Waals surface area (Å²) in [5.74, 6) is -0.156. The molecule has 0 saturated heterocycles. The van der Waals surface area contributed by atoms with E-state index in [4.69, 9.17) is 11.6 Å². The maximum absolute atomic E-state index is 12.7. The molecule has 7 nitrogen and oxygen atoms in total. The summed E-state index contributed by atoms with van der Waals surface area (Å²) in [5.41, 5.74) is 4.42. The van der Waals surface area contributed by atoms with Crippen LogP contribution in [0.25, 0.3) is 11.1 Å². The lowest BCUT2D eigenvalue weighted by Crippen LogP contribution is -2.53. The van der Waals surface area contributed by atoms with Gasteiger partial charge in [-0.05, 0) is 61.6 Å². The van der Waals surface area contributed by atoms with Crippen LogP contribution in [-0.2, 0) is 4.79 Å². The summed E-state index contributed by atoms with van der Waals surface area (Å²) in [6, 6.07) is 10.5. The zero-order chi connectivity index (χ0) is 23.4. The lowest BCUT2D eigenvalue weighted by Gasteiger charge is -2.46. The van der Waals surface area contributed by atoms with Crippen LogP contribution in [-0.4, -0.2) is 32.9 Å². The van der Waals surface area contributed by atoms with Crippen molar-refractivity contribution in [1.82, 2.24) is 9.78 Å². The van der Waals surface area contributed by atoms with Crippen molar-refractivity contribution in [3.63, 3.8) is 0 Å². The number of aryl methyl sites for hydroxylation is 1. The second-order valence-corrected chi connectivity index (χ2v) is 9.30. The Morgan fingerprint density at radius 2 is 1.82 bits per heavy atom. The van der Waals surface area contributed by atoms with E-state index in [-0.39, 0.29) is 5.91 Å². The summed E-state index contributed by atoms with van der Waals surface area (Å²) in [7, 11) is 0. The molecule has 0 spiro atoms. The highest BCUT2D eigenvalue weighted by Gasteiger charge is 2.43. The van der Waals surface area contributed by atoms with E-state index in [0.29, 0.717) is 28.0 Å². The minimum atomic E-state index is -1.10. The topological polar surface area (TPSA) is 78.7 Å². The number of halogens is 1. The quantitative estimate of drug-likeness (QED) is 0.529. The number of carbonyl (C=O) groups excluding carboxylic acids is 1. The Balaban J connectivity index is 1.68. The first-order valence-corrected chi connectivity index (χ1v) is 11.4. The van der Waals surface area contributed by atoms with Crippen LogP contribution in [0.5, 0.6) is 0 Å². The highest BCUT2D eigenvalue weighted by Crippen LogP contribution is 2.47. The smallest absolute Gasteiger partial charge is 0.412 e. The Labute approximate surface area is 197 Å². The normalized spacial score (nSPS) is 20.0. The predicted molar refractivity (Wildman–Crippen MR) is 128 cm³/mol. The fraction of sp³-hybridized carbons (Fsp3) is 0.320. The standard InChI is InChI=1S/C25H25ClN4O3/c1-14-4-8-20(21(26)10-14)24-15(2)29(16(3)31)22-9-5-17(11-23(22)30(24)25(32)33)18-12-27-28(13-18)19-6-7-19/h4-5,8-13,15,19,24H,6-7H2,1-3H3,(H,32,33)/t15-,24?/m0/s1. The van der Waals surface area contributed by atoms with E-state index in [0.717, 1.165) is 29.5 Å². The Bertz CT molecular complexity index is 1270. The van der Waals surface area contributed by atoms with Crippen molar-refractivity contribution in [2.45, 2.75) is 51.7 Å². The first kappa shape index (κ1) is 21.5. The van der Waals surface area contributed by atoms with Gasteiger partial charge >= 0.3 is 6.09 Å². The Morgan fingerprint density at radius 3 is 2.45 bits per heavy atom. The van der Waals surface area contributed by atoms with Gasteiger partial charge in [0.1, 0.15) is 0 Å². The molecule has 2 heterocycles. The van der Waals surface area contributed by atoms with Crippen molar-refractivity contribution in [2.75, 3.05) is 9.80 Å².